The Hall–Kier alpha value is -2.61. The van der Waals surface area contributed by atoms with Crippen molar-refractivity contribution in [3.63, 3.8) is 0 Å². The number of nitrogens with one attached hydrogen (secondary N) is 3. The van der Waals surface area contributed by atoms with Crippen LogP contribution in [-0.2, 0) is 9.53 Å². The predicted molar refractivity (Wildman–Crippen MR) is 108 cm³/mol. The zero-order chi connectivity index (χ0) is 18.8. The van der Waals surface area contributed by atoms with Gasteiger partial charge in [-0.05, 0) is 24.3 Å². The summed E-state index contributed by atoms with van der Waals surface area (Å²) in [5.74, 6) is 0.0933. The molecule has 0 saturated heterocycles. The minimum atomic E-state index is -0.318. The molecule has 2 rings (SSSR count). The maximum atomic E-state index is 12.6. The zero-order valence-corrected chi connectivity index (χ0v) is 16.1. The Bertz CT molecular complexity index is 755. The Morgan fingerprint density at radius 3 is 2.52 bits per heavy atom. The highest BCUT2D eigenvalue weighted by atomic mass is 35.5. The molecule has 0 bridgehead atoms. The Balaban J connectivity index is 0.00000364. The fourth-order valence-corrected chi connectivity index (χ4v) is 2.26. The molecular formula is C19H24ClN3O4. The first kappa shape index (κ1) is 22.4. The van der Waals surface area contributed by atoms with Gasteiger partial charge < -0.3 is 25.4 Å². The van der Waals surface area contributed by atoms with E-state index in [9.17, 15) is 9.59 Å². The Labute approximate surface area is 164 Å². The molecule has 0 aromatic heterocycles. The van der Waals surface area contributed by atoms with Gasteiger partial charge in [-0.1, -0.05) is 18.2 Å². The maximum absolute atomic E-state index is 12.6. The SMILES string of the molecule is COCCNCC(=O)Nc1ccccc1C(=O)Nc1cccc(OC)c1.Cl. The topological polar surface area (TPSA) is 88.7 Å². The van der Waals surface area contributed by atoms with E-state index in [0.717, 1.165) is 0 Å². The molecule has 2 amide bonds. The van der Waals surface area contributed by atoms with Gasteiger partial charge in [0.1, 0.15) is 5.75 Å². The van der Waals surface area contributed by atoms with Crippen LogP contribution < -0.4 is 20.7 Å². The minimum absolute atomic E-state index is 0. The molecular weight excluding hydrogens is 370 g/mol. The molecule has 0 unspecified atom stereocenters. The molecule has 8 heteroatoms. The number of para-hydroxylation sites is 1. The van der Waals surface area contributed by atoms with Gasteiger partial charge in [0.25, 0.3) is 5.91 Å². The molecule has 0 aliphatic carbocycles. The van der Waals surface area contributed by atoms with Crippen LogP contribution >= 0.6 is 12.4 Å². The van der Waals surface area contributed by atoms with Crippen LogP contribution in [0, 0.1) is 0 Å². The monoisotopic (exact) mass is 393 g/mol. The lowest BCUT2D eigenvalue weighted by atomic mass is 10.1. The summed E-state index contributed by atoms with van der Waals surface area (Å²) in [7, 11) is 3.16. The smallest absolute Gasteiger partial charge is 0.257 e. The largest absolute Gasteiger partial charge is 0.497 e. The molecule has 0 heterocycles. The molecule has 0 saturated carbocycles. The summed E-state index contributed by atoms with van der Waals surface area (Å²) < 4.78 is 10.1. The van der Waals surface area contributed by atoms with Crippen molar-refractivity contribution in [2.45, 2.75) is 0 Å². The van der Waals surface area contributed by atoms with Gasteiger partial charge >= 0.3 is 0 Å². The second-order valence-corrected chi connectivity index (χ2v) is 5.45. The first-order valence-electron chi connectivity index (χ1n) is 8.18. The van der Waals surface area contributed by atoms with E-state index in [1.54, 1.807) is 62.8 Å². The summed E-state index contributed by atoms with van der Waals surface area (Å²) in [5.41, 5.74) is 1.43. The molecule has 27 heavy (non-hydrogen) atoms. The highest BCUT2D eigenvalue weighted by Gasteiger charge is 2.13. The van der Waals surface area contributed by atoms with Crippen LogP contribution in [0.2, 0.25) is 0 Å². The number of rotatable bonds is 9. The number of methoxy groups -OCH3 is 2. The quantitative estimate of drug-likeness (QED) is 0.570. The maximum Gasteiger partial charge on any atom is 0.257 e. The van der Waals surface area contributed by atoms with Crippen molar-refractivity contribution >= 4 is 35.6 Å². The van der Waals surface area contributed by atoms with E-state index >= 15 is 0 Å². The third-order valence-corrected chi connectivity index (χ3v) is 3.54. The molecule has 2 aromatic rings. The van der Waals surface area contributed by atoms with E-state index in [1.807, 2.05) is 0 Å². The summed E-state index contributed by atoms with van der Waals surface area (Å²) in [6.07, 6.45) is 0. The van der Waals surface area contributed by atoms with Crippen molar-refractivity contribution in [2.75, 3.05) is 44.5 Å². The van der Waals surface area contributed by atoms with Crippen molar-refractivity contribution in [1.29, 1.82) is 0 Å². The zero-order valence-electron chi connectivity index (χ0n) is 15.3. The van der Waals surface area contributed by atoms with Crippen LogP contribution in [0.1, 0.15) is 10.4 Å². The number of amides is 2. The first-order chi connectivity index (χ1) is 12.6. The highest BCUT2D eigenvalue weighted by Crippen LogP contribution is 2.20. The van der Waals surface area contributed by atoms with Crippen LogP contribution in [0.3, 0.4) is 0 Å². The number of carbonyl (C=O) groups is 2. The number of carbonyl (C=O) groups excluding carboxylic acids is 2. The molecule has 0 fully saturated rings. The fraction of sp³-hybridized carbons (Fsp3) is 0.263. The minimum Gasteiger partial charge on any atom is -0.497 e. The van der Waals surface area contributed by atoms with E-state index in [-0.39, 0.29) is 30.8 Å². The molecule has 3 N–H and O–H groups in total. The molecule has 2 aromatic carbocycles. The van der Waals surface area contributed by atoms with Gasteiger partial charge in [-0.3, -0.25) is 9.59 Å². The van der Waals surface area contributed by atoms with Crippen LogP contribution in [0.5, 0.6) is 5.75 Å². The molecule has 0 atom stereocenters. The standard InChI is InChI=1S/C19H23N3O4.ClH/c1-25-11-10-20-13-18(23)22-17-9-4-3-8-16(17)19(24)21-14-6-5-7-15(12-14)26-2;/h3-9,12,20H,10-11,13H2,1-2H3,(H,21,24)(H,22,23);1H. The van der Waals surface area contributed by atoms with Gasteiger partial charge in [0.2, 0.25) is 5.91 Å². The van der Waals surface area contributed by atoms with Crippen molar-refractivity contribution in [3.05, 3.63) is 54.1 Å². The highest BCUT2D eigenvalue weighted by molar-refractivity contribution is 6.10. The van der Waals surface area contributed by atoms with Crippen LogP contribution in [0.25, 0.3) is 0 Å². The van der Waals surface area contributed by atoms with Crippen molar-refractivity contribution < 1.29 is 19.1 Å². The van der Waals surface area contributed by atoms with Gasteiger partial charge in [0.05, 0.1) is 31.5 Å². The lowest BCUT2D eigenvalue weighted by Gasteiger charge is -2.12. The number of halogens is 1. The molecule has 0 aliphatic rings. The van der Waals surface area contributed by atoms with Crippen molar-refractivity contribution in [3.8, 4) is 5.75 Å². The van der Waals surface area contributed by atoms with E-state index in [2.05, 4.69) is 16.0 Å². The van der Waals surface area contributed by atoms with E-state index in [4.69, 9.17) is 9.47 Å². The lowest BCUT2D eigenvalue weighted by molar-refractivity contribution is -0.115. The van der Waals surface area contributed by atoms with Crippen LogP contribution in [0.15, 0.2) is 48.5 Å². The molecule has 7 nitrogen and oxygen atoms in total. The van der Waals surface area contributed by atoms with Crippen LogP contribution in [0.4, 0.5) is 11.4 Å². The van der Waals surface area contributed by atoms with E-state index in [1.165, 1.54) is 0 Å². The van der Waals surface area contributed by atoms with Gasteiger partial charge in [-0.2, -0.15) is 0 Å². The number of benzene rings is 2. The fourth-order valence-electron chi connectivity index (χ4n) is 2.26. The summed E-state index contributed by atoms with van der Waals surface area (Å²) in [6, 6.07) is 13.9. The number of hydrogen-bond acceptors (Lipinski definition) is 5. The number of anilines is 2. The predicted octanol–water partition coefficient (Wildman–Crippen LogP) is 2.54. The summed E-state index contributed by atoms with van der Waals surface area (Å²) in [6.45, 7) is 1.23. The molecule has 146 valence electrons. The van der Waals surface area contributed by atoms with Gasteiger partial charge in [0, 0.05) is 25.4 Å². The average molecular weight is 394 g/mol. The second-order valence-electron chi connectivity index (χ2n) is 5.45. The summed E-state index contributed by atoms with van der Waals surface area (Å²) in [4.78, 5) is 24.6. The average Bonchev–Trinajstić information content (AvgIpc) is 2.66. The van der Waals surface area contributed by atoms with Crippen LogP contribution in [-0.4, -0.2) is 45.7 Å². The summed E-state index contributed by atoms with van der Waals surface area (Å²) >= 11 is 0. The number of hydrogen-bond donors (Lipinski definition) is 3. The van der Waals surface area contributed by atoms with E-state index in [0.29, 0.717) is 35.8 Å². The Morgan fingerprint density at radius 2 is 1.78 bits per heavy atom. The molecule has 0 radical (unpaired) electrons. The third kappa shape index (κ3) is 7.26. The van der Waals surface area contributed by atoms with Gasteiger partial charge in [-0.25, -0.2) is 0 Å². The van der Waals surface area contributed by atoms with Crippen molar-refractivity contribution in [1.82, 2.24) is 5.32 Å². The Kier molecular flexibility index (Phi) is 9.89. The molecule has 0 spiro atoms. The van der Waals surface area contributed by atoms with Crippen molar-refractivity contribution in [2.24, 2.45) is 0 Å². The molecule has 0 aliphatic heterocycles. The third-order valence-electron chi connectivity index (χ3n) is 3.54. The van der Waals surface area contributed by atoms with Gasteiger partial charge in [-0.15, -0.1) is 12.4 Å². The van der Waals surface area contributed by atoms with E-state index < -0.39 is 0 Å². The Morgan fingerprint density at radius 1 is 1.00 bits per heavy atom. The number of ether oxygens (including phenoxy) is 2. The van der Waals surface area contributed by atoms with Gasteiger partial charge in [0.15, 0.2) is 0 Å². The lowest BCUT2D eigenvalue weighted by Crippen LogP contribution is -2.31. The normalized spacial score (nSPS) is 9.85. The second kappa shape index (κ2) is 11.9. The first-order valence-corrected chi connectivity index (χ1v) is 8.18. The summed E-state index contributed by atoms with van der Waals surface area (Å²) in [5, 5.41) is 8.51.